The highest BCUT2D eigenvalue weighted by atomic mass is 79.9. The van der Waals surface area contributed by atoms with E-state index in [1.807, 2.05) is 0 Å². The molecule has 0 aliphatic rings. The van der Waals surface area contributed by atoms with Crippen molar-refractivity contribution in [3.8, 4) is 5.75 Å². The summed E-state index contributed by atoms with van der Waals surface area (Å²) in [5.41, 5.74) is 0.165. The number of carbonyl (C=O) groups excluding carboxylic acids is 1. The number of nitro groups is 1. The summed E-state index contributed by atoms with van der Waals surface area (Å²) < 4.78 is 34.0. The van der Waals surface area contributed by atoms with Gasteiger partial charge in [-0.05, 0) is 40.2 Å². The molecule has 166 valence electrons. The number of nitrogens with one attached hydrogen (secondary N) is 2. The highest BCUT2D eigenvalue weighted by Gasteiger charge is 2.23. The fourth-order valence-corrected chi connectivity index (χ4v) is 4.82. The molecule has 0 fully saturated rings. The first-order chi connectivity index (χ1) is 15.1. The average molecular weight is 541 g/mol. The number of anilines is 2. The Morgan fingerprint density at radius 1 is 1.09 bits per heavy atom. The summed E-state index contributed by atoms with van der Waals surface area (Å²) in [6, 6.07) is 14.2. The van der Waals surface area contributed by atoms with Crippen LogP contribution in [0.5, 0.6) is 5.75 Å². The van der Waals surface area contributed by atoms with Gasteiger partial charge < -0.3 is 10.1 Å². The topological polar surface area (TPSA) is 128 Å². The van der Waals surface area contributed by atoms with Gasteiger partial charge in [0.15, 0.2) is 0 Å². The lowest BCUT2D eigenvalue weighted by Gasteiger charge is -2.16. The molecule has 0 unspecified atom stereocenters. The Bertz CT molecular complexity index is 1300. The quantitative estimate of drug-likeness (QED) is 0.318. The Balaban J connectivity index is 2.01. The molecule has 0 saturated carbocycles. The van der Waals surface area contributed by atoms with Gasteiger partial charge in [-0.2, -0.15) is 0 Å². The van der Waals surface area contributed by atoms with E-state index in [2.05, 4.69) is 26.0 Å². The molecule has 3 aromatic rings. The van der Waals surface area contributed by atoms with Gasteiger partial charge in [0.2, 0.25) is 0 Å². The number of sulfonamides is 1. The van der Waals surface area contributed by atoms with E-state index in [0.717, 1.165) is 18.2 Å². The largest absolute Gasteiger partial charge is 0.495 e. The molecule has 0 aliphatic carbocycles. The molecule has 0 aromatic heterocycles. The van der Waals surface area contributed by atoms with Gasteiger partial charge in [0.25, 0.3) is 21.6 Å². The Hall–Kier alpha value is -3.15. The molecule has 0 aliphatic heterocycles. The Labute approximate surface area is 196 Å². The van der Waals surface area contributed by atoms with Crippen LogP contribution in [0.2, 0.25) is 5.02 Å². The van der Waals surface area contributed by atoms with Crippen molar-refractivity contribution >= 4 is 60.5 Å². The molecule has 3 rings (SSSR count). The van der Waals surface area contributed by atoms with Crippen LogP contribution in [0.25, 0.3) is 0 Å². The van der Waals surface area contributed by atoms with Crippen molar-refractivity contribution in [2.75, 3.05) is 17.1 Å². The second kappa shape index (κ2) is 9.55. The van der Waals surface area contributed by atoms with Crippen LogP contribution in [0.3, 0.4) is 0 Å². The monoisotopic (exact) mass is 539 g/mol. The number of benzene rings is 3. The van der Waals surface area contributed by atoms with Crippen LogP contribution in [0.1, 0.15) is 10.4 Å². The number of hydrogen-bond acceptors (Lipinski definition) is 6. The molecule has 32 heavy (non-hydrogen) atoms. The van der Waals surface area contributed by atoms with Gasteiger partial charge in [0.05, 0.1) is 32.9 Å². The summed E-state index contributed by atoms with van der Waals surface area (Å²) in [5.74, 6) is -0.160. The number of non-ortho nitro benzene ring substituents is 1. The summed E-state index contributed by atoms with van der Waals surface area (Å²) in [7, 11) is -2.88. The van der Waals surface area contributed by atoms with E-state index < -0.39 is 20.9 Å². The number of carbonyl (C=O) groups is 1. The van der Waals surface area contributed by atoms with Crippen molar-refractivity contribution in [2.45, 2.75) is 4.90 Å². The fourth-order valence-electron chi connectivity index (χ4n) is 2.70. The molecule has 0 saturated heterocycles. The second-order valence-corrected chi connectivity index (χ2v) is 9.24. The van der Waals surface area contributed by atoms with Crippen molar-refractivity contribution in [1.29, 1.82) is 0 Å². The molecular weight excluding hydrogens is 526 g/mol. The van der Waals surface area contributed by atoms with E-state index in [9.17, 15) is 23.3 Å². The Kier molecular flexibility index (Phi) is 7.02. The van der Waals surface area contributed by atoms with Crippen LogP contribution in [0.15, 0.2) is 70.0 Å². The first kappa shape index (κ1) is 23.5. The highest BCUT2D eigenvalue weighted by Crippen LogP contribution is 2.37. The van der Waals surface area contributed by atoms with Crippen LogP contribution in [0, 0.1) is 10.1 Å². The molecule has 0 bridgehead atoms. The summed E-state index contributed by atoms with van der Waals surface area (Å²) in [4.78, 5) is 22.4. The summed E-state index contributed by atoms with van der Waals surface area (Å²) in [5, 5.41) is 13.2. The minimum absolute atomic E-state index is 0.00347. The predicted octanol–water partition coefficient (Wildman–Crippen LogP) is 5.07. The van der Waals surface area contributed by atoms with Gasteiger partial charge in [0.1, 0.15) is 10.6 Å². The molecule has 2 N–H and O–H groups in total. The van der Waals surface area contributed by atoms with Gasteiger partial charge in [-0.3, -0.25) is 19.6 Å². The predicted molar refractivity (Wildman–Crippen MR) is 124 cm³/mol. The molecule has 12 heteroatoms. The first-order valence-electron chi connectivity index (χ1n) is 8.83. The number of amides is 1. The zero-order valence-corrected chi connectivity index (χ0v) is 19.5. The van der Waals surface area contributed by atoms with Crippen molar-refractivity contribution in [3.05, 3.63) is 85.8 Å². The third-order valence-corrected chi connectivity index (χ3v) is 6.70. The second-order valence-electron chi connectivity index (χ2n) is 6.33. The lowest BCUT2D eigenvalue weighted by atomic mass is 10.2. The van der Waals surface area contributed by atoms with Gasteiger partial charge in [-0.1, -0.05) is 29.8 Å². The molecule has 0 atom stereocenters. The minimum Gasteiger partial charge on any atom is -0.495 e. The van der Waals surface area contributed by atoms with Gasteiger partial charge in [-0.15, -0.1) is 0 Å². The molecule has 0 radical (unpaired) electrons. The zero-order chi connectivity index (χ0) is 23.5. The number of nitro benzene ring substituents is 1. The lowest BCUT2D eigenvalue weighted by molar-refractivity contribution is -0.384. The van der Waals surface area contributed by atoms with Gasteiger partial charge >= 0.3 is 0 Å². The molecule has 0 spiro atoms. The standard InChI is InChI=1S/C20H15BrClN3O6S/c1-31-18-11-17(16(10-14(18)21)23-20(26)12-5-3-2-4-6-12)24-32(29,30)19-8-7-13(25(27)28)9-15(19)22/h2-11,24H,1H3,(H,23,26). The number of ether oxygens (including phenoxy) is 1. The van der Waals surface area contributed by atoms with Crippen molar-refractivity contribution in [2.24, 2.45) is 0 Å². The number of hydrogen-bond donors (Lipinski definition) is 2. The summed E-state index contributed by atoms with van der Waals surface area (Å²) in [6.07, 6.45) is 0. The van der Waals surface area contributed by atoms with Crippen LogP contribution in [-0.4, -0.2) is 26.4 Å². The number of nitrogens with zero attached hydrogens (tertiary/aromatic N) is 1. The van der Waals surface area contributed by atoms with Crippen LogP contribution in [0.4, 0.5) is 17.1 Å². The summed E-state index contributed by atoms with van der Waals surface area (Å²) >= 11 is 9.29. The maximum atomic E-state index is 13.0. The smallest absolute Gasteiger partial charge is 0.271 e. The fraction of sp³-hybridized carbons (Fsp3) is 0.0500. The van der Waals surface area contributed by atoms with E-state index in [-0.39, 0.29) is 27.0 Å². The Morgan fingerprint density at radius 2 is 1.78 bits per heavy atom. The zero-order valence-electron chi connectivity index (χ0n) is 16.3. The first-order valence-corrected chi connectivity index (χ1v) is 11.5. The molecule has 3 aromatic carbocycles. The van der Waals surface area contributed by atoms with Crippen LogP contribution in [-0.2, 0) is 10.0 Å². The van der Waals surface area contributed by atoms with Crippen LogP contribution >= 0.6 is 27.5 Å². The summed E-state index contributed by atoms with van der Waals surface area (Å²) in [6.45, 7) is 0. The van der Waals surface area contributed by atoms with E-state index in [4.69, 9.17) is 16.3 Å². The van der Waals surface area contributed by atoms with Crippen molar-refractivity contribution < 1.29 is 22.9 Å². The highest BCUT2D eigenvalue weighted by molar-refractivity contribution is 9.10. The van der Waals surface area contributed by atoms with E-state index >= 15 is 0 Å². The number of rotatable bonds is 7. The average Bonchev–Trinajstić information content (AvgIpc) is 2.75. The van der Waals surface area contributed by atoms with Crippen molar-refractivity contribution in [3.63, 3.8) is 0 Å². The molecular formula is C20H15BrClN3O6S. The maximum Gasteiger partial charge on any atom is 0.271 e. The lowest BCUT2D eigenvalue weighted by Crippen LogP contribution is -2.18. The molecule has 9 nitrogen and oxygen atoms in total. The van der Waals surface area contributed by atoms with E-state index in [0.29, 0.717) is 15.8 Å². The number of methoxy groups -OCH3 is 1. The normalized spacial score (nSPS) is 11.0. The maximum absolute atomic E-state index is 13.0. The number of halogens is 2. The third kappa shape index (κ3) is 5.18. The molecule has 0 heterocycles. The third-order valence-electron chi connectivity index (χ3n) is 4.24. The Morgan fingerprint density at radius 3 is 2.38 bits per heavy atom. The van der Waals surface area contributed by atoms with Gasteiger partial charge in [0, 0.05) is 23.8 Å². The van der Waals surface area contributed by atoms with Crippen molar-refractivity contribution in [1.82, 2.24) is 0 Å². The van der Waals surface area contributed by atoms with Gasteiger partial charge in [-0.25, -0.2) is 8.42 Å². The van der Waals surface area contributed by atoms with Crippen LogP contribution < -0.4 is 14.8 Å². The molecule has 1 amide bonds. The minimum atomic E-state index is -4.27. The van der Waals surface area contributed by atoms with E-state index in [1.54, 1.807) is 30.3 Å². The SMILES string of the molecule is COc1cc(NS(=O)(=O)c2ccc([N+](=O)[O-])cc2Cl)c(NC(=O)c2ccccc2)cc1Br. The van der Waals surface area contributed by atoms with E-state index in [1.165, 1.54) is 19.2 Å².